The molecular formula is C19H31FO. The molecule has 0 radical (unpaired) electrons. The molecule has 0 amide bonds. The van der Waals surface area contributed by atoms with Crippen molar-refractivity contribution in [2.75, 3.05) is 0 Å². The van der Waals surface area contributed by atoms with E-state index < -0.39 is 11.8 Å². The Kier molecular flexibility index (Phi) is 7.95. The Morgan fingerprint density at radius 1 is 1.05 bits per heavy atom. The van der Waals surface area contributed by atoms with Crippen LogP contribution in [0.25, 0.3) is 0 Å². The summed E-state index contributed by atoms with van der Waals surface area (Å²) < 4.78 is 13.5. The summed E-state index contributed by atoms with van der Waals surface area (Å²) in [6.07, 6.45) is 5.73. The van der Waals surface area contributed by atoms with Gasteiger partial charge < -0.3 is 5.11 Å². The lowest BCUT2D eigenvalue weighted by molar-refractivity contribution is 0.0132. The number of aliphatic hydroxyl groups is 1. The van der Waals surface area contributed by atoms with E-state index >= 15 is 0 Å². The summed E-state index contributed by atoms with van der Waals surface area (Å²) in [7, 11) is 0. The minimum atomic E-state index is -0.752. The molecule has 1 unspecified atom stereocenters. The van der Waals surface area contributed by atoms with E-state index in [0.717, 1.165) is 44.1 Å². The van der Waals surface area contributed by atoms with Crippen molar-refractivity contribution in [1.82, 2.24) is 0 Å². The number of benzene rings is 1. The van der Waals surface area contributed by atoms with Gasteiger partial charge in [0.1, 0.15) is 6.17 Å². The second kappa shape index (κ2) is 9.19. The maximum absolute atomic E-state index is 13.5. The zero-order valence-electron chi connectivity index (χ0n) is 13.9. The molecule has 21 heavy (non-hydrogen) atoms. The molecule has 120 valence electrons. The predicted octanol–water partition coefficient (Wildman–Crippen LogP) is 5.24. The van der Waals surface area contributed by atoms with Crippen LogP contribution in [0, 0.1) is 0 Å². The van der Waals surface area contributed by atoms with Gasteiger partial charge in [-0.15, -0.1) is 0 Å². The minimum absolute atomic E-state index is 0.499. The van der Waals surface area contributed by atoms with Crippen molar-refractivity contribution >= 4 is 0 Å². The molecule has 0 heterocycles. The number of halogens is 1. The van der Waals surface area contributed by atoms with Crippen LogP contribution in [-0.2, 0) is 12.8 Å². The molecule has 0 bridgehead atoms. The highest BCUT2D eigenvalue weighted by molar-refractivity contribution is 5.24. The Labute approximate surface area is 129 Å². The van der Waals surface area contributed by atoms with Crippen LogP contribution in [0.3, 0.4) is 0 Å². The monoisotopic (exact) mass is 294 g/mol. The van der Waals surface area contributed by atoms with Gasteiger partial charge in [-0.3, -0.25) is 0 Å². The van der Waals surface area contributed by atoms with Gasteiger partial charge in [-0.1, -0.05) is 57.9 Å². The molecule has 1 rings (SSSR count). The fourth-order valence-corrected chi connectivity index (χ4v) is 2.99. The molecule has 1 N–H and O–H groups in total. The average Bonchev–Trinajstić information content (AvgIpc) is 2.46. The van der Waals surface area contributed by atoms with Crippen LogP contribution in [0.4, 0.5) is 4.39 Å². The molecule has 0 aliphatic rings. The Bertz CT molecular complexity index is 396. The molecule has 0 aromatic heterocycles. The van der Waals surface area contributed by atoms with Gasteiger partial charge in [-0.2, -0.15) is 0 Å². The van der Waals surface area contributed by atoms with Gasteiger partial charge in [0.15, 0.2) is 0 Å². The van der Waals surface area contributed by atoms with Crippen molar-refractivity contribution in [3.8, 4) is 0 Å². The summed E-state index contributed by atoms with van der Waals surface area (Å²) in [6, 6.07) is 8.18. The maximum Gasteiger partial charge on any atom is 0.104 e. The zero-order chi connectivity index (χ0) is 15.7. The van der Waals surface area contributed by atoms with E-state index in [1.807, 2.05) is 19.1 Å². The molecule has 1 aromatic carbocycles. The molecular weight excluding hydrogens is 263 g/mol. The second-order valence-electron chi connectivity index (χ2n) is 6.25. The first-order chi connectivity index (χ1) is 10.0. The Morgan fingerprint density at radius 2 is 1.67 bits per heavy atom. The molecule has 1 atom stereocenters. The third kappa shape index (κ3) is 6.60. The van der Waals surface area contributed by atoms with Gasteiger partial charge in [-0.05, 0) is 43.2 Å². The highest BCUT2D eigenvalue weighted by atomic mass is 19.1. The van der Waals surface area contributed by atoms with E-state index in [1.165, 1.54) is 5.56 Å². The Morgan fingerprint density at radius 3 is 2.24 bits per heavy atom. The minimum Gasteiger partial charge on any atom is -0.390 e. The van der Waals surface area contributed by atoms with Crippen molar-refractivity contribution < 1.29 is 9.50 Å². The summed E-state index contributed by atoms with van der Waals surface area (Å²) in [5, 5.41) is 10.7. The topological polar surface area (TPSA) is 20.2 Å². The summed E-state index contributed by atoms with van der Waals surface area (Å²) in [5.41, 5.74) is 1.74. The van der Waals surface area contributed by atoms with Gasteiger partial charge in [0.05, 0.1) is 5.60 Å². The van der Waals surface area contributed by atoms with Crippen LogP contribution in [0.2, 0.25) is 0 Å². The average molecular weight is 294 g/mol. The first kappa shape index (κ1) is 18.2. The summed E-state index contributed by atoms with van der Waals surface area (Å²) in [4.78, 5) is 0. The van der Waals surface area contributed by atoms with Gasteiger partial charge >= 0.3 is 0 Å². The van der Waals surface area contributed by atoms with Crippen molar-refractivity contribution in [3.05, 3.63) is 35.4 Å². The smallest absolute Gasteiger partial charge is 0.104 e. The second-order valence-corrected chi connectivity index (χ2v) is 6.25. The maximum atomic E-state index is 13.5. The number of rotatable bonds is 10. The van der Waals surface area contributed by atoms with E-state index in [1.54, 1.807) is 0 Å². The van der Waals surface area contributed by atoms with Gasteiger partial charge in [0, 0.05) is 6.42 Å². The summed E-state index contributed by atoms with van der Waals surface area (Å²) >= 11 is 0. The third-order valence-corrected chi connectivity index (χ3v) is 4.20. The van der Waals surface area contributed by atoms with Crippen molar-refractivity contribution in [2.45, 2.75) is 83.9 Å². The highest BCUT2D eigenvalue weighted by Gasteiger charge is 2.24. The van der Waals surface area contributed by atoms with Gasteiger partial charge in [0.2, 0.25) is 0 Å². The lowest BCUT2D eigenvalue weighted by Gasteiger charge is -2.27. The third-order valence-electron chi connectivity index (χ3n) is 4.20. The number of hydrogen-bond donors (Lipinski definition) is 1. The summed E-state index contributed by atoms with van der Waals surface area (Å²) in [6.45, 7) is 6.12. The molecule has 2 heteroatoms. The van der Waals surface area contributed by atoms with Crippen LogP contribution in [0.1, 0.15) is 70.4 Å². The Hall–Kier alpha value is -0.890. The van der Waals surface area contributed by atoms with Crippen molar-refractivity contribution in [2.24, 2.45) is 0 Å². The lowest BCUT2D eigenvalue weighted by Crippen LogP contribution is -2.28. The van der Waals surface area contributed by atoms with Crippen LogP contribution in [0.5, 0.6) is 0 Å². The van der Waals surface area contributed by atoms with Gasteiger partial charge in [0.25, 0.3) is 0 Å². The molecule has 1 aromatic rings. The molecule has 0 saturated carbocycles. The first-order valence-corrected chi connectivity index (χ1v) is 8.47. The SMILES string of the molecule is CCCC(O)(CCC)CCc1cccc(CC(F)CC)c1. The normalized spacial score (nSPS) is 13.4. The zero-order valence-corrected chi connectivity index (χ0v) is 13.9. The van der Waals surface area contributed by atoms with E-state index in [0.29, 0.717) is 12.8 Å². The number of hydrogen-bond acceptors (Lipinski definition) is 1. The summed E-state index contributed by atoms with van der Waals surface area (Å²) in [5.74, 6) is 0. The molecule has 0 aliphatic carbocycles. The van der Waals surface area contributed by atoms with Crippen LogP contribution < -0.4 is 0 Å². The standard InChI is InChI=1S/C19H31FO/c1-4-11-19(21,12-5-2)13-10-16-8-7-9-17(14-16)15-18(20)6-3/h7-9,14,18,21H,4-6,10-13,15H2,1-3H3. The Balaban J connectivity index is 2.63. The fourth-order valence-electron chi connectivity index (χ4n) is 2.99. The highest BCUT2D eigenvalue weighted by Crippen LogP contribution is 2.25. The molecule has 0 saturated heterocycles. The van der Waals surface area contributed by atoms with Crippen LogP contribution in [0.15, 0.2) is 24.3 Å². The number of alkyl halides is 1. The number of aryl methyl sites for hydroxylation is 1. The quantitative estimate of drug-likeness (QED) is 0.625. The molecule has 1 nitrogen and oxygen atoms in total. The van der Waals surface area contributed by atoms with Gasteiger partial charge in [-0.25, -0.2) is 4.39 Å². The lowest BCUT2D eigenvalue weighted by atomic mass is 9.86. The van der Waals surface area contributed by atoms with Crippen LogP contribution in [-0.4, -0.2) is 16.9 Å². The molecule has 0 aliphatic heterocycles. The van der Waals surface area contributed by atoms with E-state index in [-0.39, 0.29) is 0 Å². The largest absolute Gasteiger partial charge is 0.390 e. The fraction of sp³-hybridized carbons (Fsp3) is 0.684. The molecule has 0 fully saturated rings. The predicted molar refractivity (Wildman–Crippen MR) is 88.4 cm³/mol. The van der Waals surface area contributed by atoms with Crippen molar-refractivity contribution in [3.63, 3.8) is 0 Å². The van der Waals surface area contributed by atoms with Crippen LogP contribution >= 0.6 is 0 Å². The molecule has 0 spiro atoms. The van der Waals surface area contributed by atoms with E-state index in [9.17, 15) is 9.50 Å². The van der Waals surface area contributed by atoms with Crippen molar-refractivity contribution in [1.29, 1.82) is 0 Å². The first-order valence-electron chi connectivity index (χ1n) is 8.47. The van der Waals surface area contributed by atoms with E-state index in [4.69, 9.17) is 0 Å². The van der Waals surface area contributed by atoms with E-state index in [2.05, 4.69) is 26.0 Å².